The van der Waals surface area contributed by atoms with Gasteiger partial charge in [-0.05, 0) is 24.1 Å². The van der Waals surface area contributed by atoms with Crippen molar-refractivity contribution >= 4 is 12.1 Å². The number of likely N-dealkylation sites (tertiary alicyclic amines) is 1. The van der Waals surface area contributed by atoms with Crippen LogP contribution in [0.5, 0.6) is 0 Å². The number of ether oxygens (including phenoxy) is 1. The molecule has 1 saturated heterocycles. The number of hydrogen-bond acceptors (Lipinski definition) is 4. The standard InChI is InChI=1S/C14H18N2O4/c1-20-14(19)15-12-6-7-16(9-12)8-10-2-4-11(5-3-10)13(17)18/h2-5,12H,6-9H2,1H3,(H,15,19)(H,17,18). The average molecular weight is 278 g/mol. The van der Waals surface area contributed by atoms with Gasteiger partial charge in [0.2, 0.25) is 0 Å². The number of carboxylic acids is 1. The lowest BCUT2D eigenvalue weighted by Gasteiger charge is -2.16. The lowest BCUT2D eigenvalue weighted by molar-refractivity contribution is 0.0697. The van der Waals surface area contributed by atoms with E-state index < -0.39 is 12.1 Å². The van der Waals surface area contributed by atoms with E-state index in [1.165, 1.54) is 7.11 Å². The Balaban J connectivity index is 1.85. The summed E-state index contributed by atoms with van der Waals surface area (Å²) in [5.74, 6) is -0.917. The van der Waals surface area contributed by atoms with Gasteiger partial charge in [0.25, 0.3) is 0 Å². The van der Waals surface area contributed by atoms with E-state index in [1.807, 2.05) is 12.1 Å². The molecule has 20 heavy (non-hydrogen) atoms. The van der Waals surface area contributed by atoms with Crippen molar-refractivity contribution in [1.29, 1.82) is 0 Å². The molecule has 1 unspecified atom stereocenters. The molecular weight excluding hydrogens is 260 g/mol. The number of hydrogen-bond donors (Lipinski definition) is 2. The SMILES string of the molecule is COC(=O)NC1CCN(Cc2ccc(C(=O)O)cc2)C1. The maximum absolute atomic E-state index is 11.1. The van der Waals surface area contributed by atoms with Crippen LogP contribution in [0.2, 0.25) is 0 Å². The van der Waals surface area contributed by atoms with Crippen LogP contribution in [0.1, 0.15) is 22.3 Å². The van der Waals surface area contributed by atoms with Gasteiger partial charge in [0.15, 0.2) is 0 Å². The monoisotopic (exact) mass is 278 g/mol. The molecule has 0 saturated carbocycles. The first kappa shape index (κ1) is 14.3. The molecule has 1 atom stereocenters. The summed E-state index contributed by atoms with van der Waals surface area (Å²) >= 11 is 0. The van der Waals surface area contributed by atoms with Gasteiger partial charge >= 0.3 is 12.1 Å². The summed E-state index contributed by atoms with van der Waals surface area (Å²) in [7, 11) is 1.35. The van der Waals surface area contributed by atoms with Crippen molar-refractivity contribution in [2.24, 2.45) is 0 Å². The van der Waals surface area contributed by atoms with E-state index in [1.54, 1.807) is 12.1 Å². The quantitative estimate of drug-likeness (QED) is 0.868. The average Bonchev–Trinajstić information content (AvgIpc) is 2.86. The third-order valence-corrected chi connectivity index (χ3v) is 3.39. The number of nitrogens with one attached hydrogen (secondary N) is 1. The summed E-state index contributed by atoms with van der Waals surface area (Å²) in [6.07, 6.45) is 0.491. The van der Waals surface area contributed by atoms with Gasteiger partial charge in [-0.25, -0.2) is 9.59 Å². The summed E-state index contributed by atoms with van der Waals surface area (Å²) in [4.78, 5) is 24.1. The van der Waals surface area contributed by atoms with Crippen LogP contribution in [0, 0.1) is 0 Å². The lowest BCUT2D eigenvalue weighted by atomic mass is 10.1. The molecule has 108 valence electrons. The Bertz CT molecular complexity index is 486. The topological polar surface area (TPSA) is 78.9 Å². The number of benzene rings is 1. The van der Waals surface area contributed by atoms with Crippen molar-refractivity contribution in [2.45, 2.75) is 19.0 Å². The Morgan fingerprint density at radius 2 is 2.10 bits per heavy atom. The van der Waals surface area contributed by atoms with Crippen LogP contribution in [-0.2, 0) is 11.3 Å². The number of methoxy groups -OCH3 is 1. The normalized spacial score (nSPS) is 18.8. The molecule has 6 heteroatoms. The second kappa shape index (κ2) is 6.38. The molecule has 1 aromatic rings. The van der Waals surface area contributed by atoms with Crippen molar-refractivity contribution in [3.8, 4) is 0 Å². The Labute approximate surface area is 117 Å². The fraction of sp³-hybridized carbons (Fsp3) is 0.429. The molecule has 0 radical (unpaired) electrons. The van der Waals surface area contributed by atoms with Gasteiger partial charge < -0.3 is 15.2 Å². The van der Waals surface area contributed by atoms with Crippen LogP contribution >= 0.6 is 0 Å². The molecule has 1 heterocycles. The molecule has 1 aromatic carbocycles. The molecular formula is C14H18N2O4. The summed E-state index contributed by atoms with van der Waals surface area (Å²) in [5.41, 5.74) is 1.36. The van der Waals surface area contributed by atoms with Crippen molar-refractivity contribution in [1.82, 2.24) is 10.2 Å². The zero-order chi connectivity index (χ0) is 14.5. The van der Waals surface area contributed by atoms with Gasteiger partial charge in [0.05, 0.1) is 12.7 Å². The van der Waals surface area contributed by atoms with Crippen molar-refractivity contribution in [3.63, 3.8) is 0 Å². The van der Waals surface area contributed by atoms with E-state index >= 15 is 0 Å². The van der Waals surface area contributed by atoms with Crippen LogP contribution in [0.15, 0.2) is 24.3 Å². The van der Waals surface area contributed by atoms with Crippen LogP contribution in [0.3, 0.4) is 0 Å². The molecule has 1 aliphatic heterocycles. The molecule has 2 rings (SSSR count). The number of carbonyl (C=O) groups is 2. The van der Waals surface area contributed by atoms with E-state index in [9.17, 15) is 9.59 Å². The number of aromatic carboxylic acids is 1. The predicted octanol–water partition coefficient (Wildman–Crippen LogP) is 1.32. The van der Waals surface area contributed by atoms with E-state index in [2.05, 4.69) is 15.0 Å². The molecule has 0 aliphatic carbocycles. The summed E-state index contributed by atoms with van der Waals surface area (Å²) in [6, 6.07) is 6.98. The Hall–Kier alpha value is -2.08. The number of amides is 1. The number of carboxylic acid groups (broad SMARTS) is 1. The van der Waals surface area contributed by atoms with Crippen LogP contribution < -0.4 is 5.32 Å². The molecule has 0 spiro atoms. The number of carbonyl (C=O) groups excluding carboxylic acids is 1. The number of rotatable bonds is 4. The summed E-state index contributed by atoms with van der Waals surface area (Å²) < 4.78 is 4.58. The van der Waals surface area contributed by atoms with Crippen LogP contribution in [-0.4, -0.2) is 48.3 Å². The zero-order valence-electron chi connectivity index (χ0n) is 11.3. The van der Waals surface area contributed by atoms with E-state index in [0.717, 1.165) is 31.6 Å². The minimum atomic E-state index is -0.917. The highest BCUT2D eigenvalue weighted by atomic mass is 16.5. The molecule has 0 bridgehead atoms. The number of nitrogens with zero attached hydrogens (tertiary/aromatic N) is 1. The second-order valence-corrected chi connectivity index (χ2v) is 4.86. The highest BCUT2D eigenvalue weighted by Crippen LogP contribution is 2.14. The first-order valence-corrected chi connectivity index (χ1v) is 6.47. The summed E-state index contributed by atoms with van der Waals surface area (Å²) in [5, 5.41) is 11.6. The van der Waals surface area contributed by atoms with E-state index in [-0.39, 0.29) is 6.04 Å². The first-order valence-electron chi connectivity index (χ1n) is 6.47. The Kier molecular flexibility index (Phi) is 4.57. The minimum absolute atomic E-state index is 0.112. The molecule has 0 aromatic heterocycles. The van der Waals surface area contributed by atoms with Gasteiger partial charge in [0, 0.05) is 25.7 Å². The minimum Gasteiger partial charge on any atom is -0.478 e. The van der Waals surface area contributed by atoms with Gasteiger partial charge in [-0.1, -0.05) is 12.1 Å². The third-order valence-electron chi connectivity index (χ3n) is 3.39. The largest absolute Gasteiger partial charge is 0.478 e. The maximum atomic E-state index is 11.1. The summed E-state index contributed by atoms with van der Waals surface area (Å²) in [6.45, 7) is 2.42. The smallest absolute Gasteiger partial charge is 0.407 e. The first-order chi connectivity index (χ1) is 9.58. The van der Waals surface area contributed by atoms with E-state index in [4.69, 9.17) is 5.11 Å². The molecule has 1 fully saturated rings. The van der Waals surface area contributed by atoms with Crippen LogP contribution in [0.4, 0.5) is 4.79 Å². The third kappa shape index (κ3) is 3.71. The molecule has 6 nitrogen and oxygen atoms in total. The maximum Gasteiger partial charge on any atom is 0.407 e. The van der Waals surface area contributed by atoms with Gasteiger partial charge in [-0.3, -0.25) is 4.90 Å². The molecule has 1 aliphatic rings. The van der Waals surface area contributed by atoms with Gasteiger partial charge in [-0.2, -0.15) is 0 Å². The van der Waals surface area contributed by atoms with Crippen molar-refractivity contribution in [2.75, 3.05) is 20.2 Å². The Morgan fingerprint density at radius 3 is 2.70 bits per heavy atom. The van der Waals surface area contributed by atoms with Gasteiger partial charge in [-0.15, -0.1) is 0 Å². The number of alkyl carbamates (subject to hydrolysis) is 1. The van der Waals surface area contributed by atoms with Crippen molar-refractivity contribution in [3.05, 3.63) is 35.4 Å². The highest BCUT2D eigenvalue weighted by molar-refractivity contribution is 5.87. The second-order valence-electron chi connectivity index (χ2n) is 4.86. The van der Waals surface area contributed by atoms with Crippen LogP contribution in [0.25, 0.3) is 0 Å². The van der Waals surface area contributed by atoms with Crippen molar-refractivity contribution < 1.29 is 19.4 Å². The highest BCUT2D eigenvalue weighted by Gasteiger charge is 2.23. The van der Waals surface area contributed by atoms with Gasteiger partial charge in [0.1, 0.15) is 0 Å². The zero-order valence-corrected chi connectivity index (χ0v) is 11.3. The fourth-order valence-electron chi connectivity index (χ4n) is 2.33. The molecule has 2 N–H and O–H groups in total. The lowest BCUT2D eigenvalue weighted by Crippen LogP contribution is -2.36. The Morgan fingerprint density at radius 1 is 1.40 bits per heavy atom. The molecule has 1 amide bonds. The van der Waals surface area contributed by atoms with E-state index in [0.29, 0.717) is 5.56 Å². The fourth-order valence-corrected chi connectivity index (χ4v) is 2.33. The predicted molar refractivity (Wildman–Crippen MR) is 72.6 cm³/mol.